The largest absolute Gasteiger partial charge is 0.504 e. The summed E-state index contributed by atoms with van der Waals surface area (Å²) in [6.45, 7) is 1.83. The third-order valence-electron chi connectivity index (χ3n) is 6.07. The highest BCUT2D eigenvalue weighted by Gasteiger charge is 2.24. The van der Waals surface area contributed by atoms with Crippen LogP contribution in [-0.4, -0.2) is 35.6 Å². The lowest BCUT2D eigenvalue weighted by Gasteiger charge is -2.12. The number of rotatable bonds is 9. The molecule has 9 nitrogen and oxygen atoms in total. The van der Waals surface area contributed by atoms with E-state index >= 15 is 0 Å². The highest BCUT2D eigenvalue weighted by atomic mass is 35.5. The zero-order chi connectivity index (χ0) is 30.0. The highest BCUT2D eigenvalue weighted by molar-refractivity contribution is 7.92. The van der Waals surface area contributed by atoms with E-state index in [0.29, 0.717) is 38.7 Å². The third kappa shape index (κ3) is 6.12. The summed E-state index contributed by atoms with van der Waals surface area (Å²) in [6, 6.07) is 13.3. The number of hydrogen-bond acceptors (Lipinski definition) is 9. The molecule has 0 unspecified atom stereocenters. The molecule has 216 valence electrons. The molecule has 0 aliphatic rings. The van der Waals surface area contributed by atoms with Crippen molar-refractivity contribution in [2.24, 2.45) is 0 Å². The number of nitrogens with one attached hydrogen (secondary N) is 2. The number of hydrogen-bond donors (Lipinski definition) is 3. The number of sulfonamides is 1. The molecular weight excluding hydrogens is 608 g/mol. The number of benzene rings is 2. The Labute approximate surface area is 248 Å². The van der Waals surface area contributed by atoms with Crippen molar-refractivity contribution >= 4 is 43.8 Å². The predicted molar refractivity (Wildman–Crippen MR) is 157 cm³/mol. The quantitative estimate of drug-likeness (QED) is 0.166. The molecule has 0 aliphatic heterocycles. The number of halogens is 3. The van der Waals surface area contributed by atoms with Crippen LogP contribution in [0.15, 0.2) is 72.0 Å². The number of pyridine rings is 2. The van der Waals surface area contributed by atoms with Gasteiger partial charge in [0.05, 0.1) is 46.5 Å². The summed E-state index contributed by atoms with van der Waals surface area (Å²) >= 11 is 6.94. The molecule has 0 amide bonds. The van der Waals surface area contributed by atoms with E-state index in [-0.39, 0.29) is 33.2 Å². The Morgan fingerprint density at radius 1 is 1.07 bits per heavy atom. The minimum Gasteiger partial charge on any atom is -0.504 e. The number of methoxy groups -OCH3 is 1. The van der Waals surface area contributed by atoms with Crippen molar-refractivity contribution in [2.75, 3.05) is 17.1 Å². The fourth-order valence-electron chi connectivity index (χ4n) is 4.06. The molecule has 2 aromatic carbocycles. The molecule has 0 atom stereocenters. The Morgan fingerprint density at radius 3 is 2.57 bits per heavy atom. The lowest BCUT2D eigenvalue weighted by atomic mass is 10.1. The highest BCUT2D eigenvalue weighted by Crippen LogP contribution is 2.40. The van der Waals surface area contributed by atoms with Gasteiger partial charge < -0.3 is 15.2 Å². The number of para-hydroxylation sites is 1. The molecule has 0 spiro atoms. The summed E-state index contributed by atoms with van der Waals surface area (Å²) in [6.07, 6.45) is 2.39. The van der Waals surface area contributed by atoms with E-state index in [9.17, 15) is 22.3 Å². The zero-order valence-electron chi connectivity index (χ0n) is 22.0. The molecule has 0 aliphatic carbocycles. The molecule has 14 heteroatoms. The standard InChI is InChI=1S/C28H22ClF2N5O4S2/c1-15-10-19(32-12-17-4-3-5-23(40-2)25(17)37)14-34-27(15)42(38,39)36-28-35-24(16-6-8-21(31)20(29)11-16)26(41-28)22-9-7-18(30)13-33-22/h3-11,13-14,32,37H,12H2,1-2H3,(H,35,36). The van der Waals surface area contributed by atoms with Crippen LogP contribution in [-0.2, 0) is 16.6 Å². The maximum atomic E-state index is 13.8. The van der Waals surface area contributed by atoms with Gasteiger partial charge in [-0.1, -0.05) is 35.1 Å². The topological polar surface area (TPSA) is 126 Å². The van der Waals surface area contributed by atoms with Crippen LogP contribution in [0, 0.1) is 18.6 Å². The van der Waals surface area contributed by atoms with Crippen LogP contribution in [0.25, 0.3) is 21.8 Å². The predicted octanol–water partition coefficient (Wildman–Crippen LogP) is 6.63. The van der Waals surface area contributed by atoms with Gasteiger partial charge in [-0.2, -0.15) is 8.42 Å². The fourth-order valence-corrected chi connectivity index (χ4v) is 6.60. The van der Waals surface area contributed by atoms with Crippen molar-refractivity contribution in [1.29, 1.82) is 0 Å². The first-order valence-electron chi connectivity index (χ1n) is 12.2. The van der Waals surface area contributed by atoms with E-state index in [1.54, 1.807) is 31.2 Å². The molecule has 42 heavy (non-hydrogen) atoms. The second kappa shape index (κ2) is 11.9. The number of thiazole rings is 1. The van der Waals surface area contributed by atoms with E-state index in [0.717, 1.165) is 17.5 Å². The average molecular weight is 630 g/mol. The minimum absolute atomic E-state index is 0.00140. The van der Waals surface area contributed by atoms with Gasteiger partial charge in [-0.25, -0.2) is 18.7 Å². The van der Waals surface area contributed by atoms with Gasteiger partial charge in [-0.05, 0) is 55.0 Å². The first-order chi connectivity index (χ1) is 20.1. The van der Waals surface area contributed by atoms with Gasteiger partial charge in [0.2, 0.25) is 0 Å². The fraction of sp³-hybridized carbons (Fsp3) is 0.107. The van der Waals surface area contributed by atoms with Gasteiger partial charge in [0.15, 0.2) is 21.7 Å². The van der Waals surface area contributed by atoms with E-state index in [2.05, 4.69) is 25.0 Å². The van der Waals surface area contributed by atoms with Crippen molar-refractivity contribution in [2.45, 2.75) is 18.5 Å². The van der Waals surface area contributed by atoms with Crippen molar-refractivity contribution in [3.63, 3.8) is 0 Å². The zero-order valence-corrected chi connectivity index (χ0v) is 24.4. The number of anilines is 2. The lowest BCUT2D eigenvalue weighted by molar-refractivity contribution is 0.371. The third-order valence-corrected chi connectivity index (χ3v) is 8.88. The van der Waals surface area contributed by atoms with Crippen LogP contribution in [0.5, 0.6) is 11.5 Å². The van der Waals surface area contributed by atoms with E-state index in [1.807, 2.05) is 0 Å². The molecule has 5 rings (SSSR count). The smallest absolute Gasteiger partial charge is 0.281 e. The maximum Gasteiger partial charge on any atom is 0.281 e. The Kier molecular flexibility index (Phi) is 8.25. The van der Waals surface area contributed by atoms with Crippen LogP contribution in [0.4, 0.5) is 19.6 Å². The van der Waals surface area contributed by atoms with Gasteiger partial charge in [-0.3, -0.25) is 9.71 Å². The van der Waals surface area contributed by atoms with Gasteiger partial charge in [-0.15, -0.1) is 0 Å². The van der Waals surface area contributed by atoms with Crippen LogP contribution < -0.4 is 14.8 Å². The monoisotopic (exact) mass is 629 g/mol. The number of aryl methyl sites for hydroxylation is 1. The van der Waals surface area contributed by atoms with E-state index in [1.165, 1.54) is 43.6 Å². The number of ether oxygens (including phenoxy) is 1. The summed E-state index contributed by atoms with van der Waals surface area (Å²) in [7, 11) is -2.74. The molecular formula is C28H22ClF2N5O4S2. The van der Waals surface area contributed by atoms with Gasteiger partial charge >= 0.3 is 0 Å². The second-order valence-electron chi connectivity index (χ2n) is 8.96. The molecule has 5 aromatic rings. The Morgan fingerprint density at radius 2 is 1.88 bits per heavy atom. The van der Waals surface area contributed by atoms with Crippen LogP contribution in [0.1, 0.15) is 11.1 Å². The first-order valence-corrected chi connectivity index (χ1v) is 14.9. The SMILES string of the molecule is COc1cccc(CNc2cnc(S(=O)(=O)Nc3nc(-c4ccc(F)c(Cl)c4)c(-c4ccc(F)cn4)s3)c(C)c2)c1O. The normalized spacial score (nSPS) is 11.4. The Hall–Kier alpha value is -4.33. The molecule has 0 radical (unpaired) electrons. The van der Waals surface area contributed by atoms with E-state index < -0.39 is 21.7 Å². The summed E-state index contributed by atoms with van der Waals surface area (Å²) in [5.41, 5.74) is 2.49. The second-order valence-corrected chi connectivity index (χ2v) is 12.0. The first kappa shape index (κ1) is 29.2. The van der Waals surface area contributed by atoms with Crippen LogP contribution >= 0.6 is 22.9 Å². The van der Waals surface area contributed by atoms with Gasteiger partial charge in [0.1, 0.15) is 11.6 Å². The maximum absolute atomic E-state index is 13.8. The molecule has 3 N–H and O–H groups in total. The van der Waals surface area contributed by atoms with Crippen LogP contribution in [0.3, 0.4) is 0 Å². The number of aromatic nitrogens is 3. The lowest BCUT2D eigenvalue weighted by Crippen LogP contribution is -2.16. The molecule has 0 saturated heterocycles. The van der Waals surface area contributed by atoms with E-state index in [4.69, 9.17) is 16.3 Å². The van der Waals surface area contributed by atoms with Crippen molar-refractivity contribution in [3.8, 4) is 33.3 Å². The average Bonchev–Trinajstić information content (AvgIpc) is 3.37. The molecule has 3 heterocycles. The Bertz CT molecular complexity index is 1890. The minimum atomic E-state index is -4.20. The van der Waals surface area contributed by atoms with Crippen molar-refractivity contribution < 1.29 is 27.0 Å². The number of aromatic hydroxyl groups is 1. The number of phenols is 1. The molecule has 3 aromatic heterocycles. The van der Waals surface area contributed by atoms with Crippen molar-refractivity contribution in [1.82, 2.24) is 15.0 Å². The van der Waals surface area contributed by atoms with Gasteiger partial charge in [0, 0.05) is 17.7 Å². The summed E-state index contributed by atoms with van der Waals surface area (Å²) in [5.74, 6) is -0.836. The molecule has 0 saturated carbocycles. The van der Waals surface area contributed by atoms with Crippen molar-refractivity contribution in [3.05, 3.63) is 94.8 Å². The summed E-state index contributed by atoms with van der Waals surface area (Å²) in [4.78, 5) is 13.1. The van der Waals surface area contributed by atoms with Crippen LogP contribution in [0.2, 0.25) is 5.02 Å². The summed E-state index contributed by atoms with van der Waals surface area (Å²) in [5, 5.41) is 13.0. The molecule has 0 bridgehead atoms. The van der Waals surface area contributed by atoms with Gasteiger partial charge in [0.25, 0.3) is 10.0 Å². The molecule has 0 fully saturated rings. The Balaban J connectivity index is 1.42. The summed E-state index contributed by atoms with van der Waals surface area (Å²) < 4.78 is 61.6. The number of nitrogens with zero attached hydrogens (tertiary/aromatic N) is 3. The number of phenolic OH excluding ortho intramolecular Hbond substituents is 1.